The molecule has 1 aromatic carbocycles. The molecule has 0 saturated carbocycles. The summed E-state index contributed by atoms with van der Waals surface area (Å²) in [5, 5.41) is 5.29. The van der Waals surface area contributed by atoms with Crippen molar-refractivity contribution < 1.29 is 18.7 Å². The number of nitrogens with one attached hydrogen (secondary N) is 2. The quantitative estimate of drug-likeness (QED) is 0.873. The first-order valence-corrected chi connectivity index (χ1v) is 6.21. The number of nitrogens with zero attached hydrogens (tertiary/aromatic N) is 1. The molecule has 1 aliphatic heterocycles. The highest BCUT2D eigenvalue weighted by Crippen LogP contribution is 2.25. The number of cyclic esters (lactones) is 1. The molecule has 0 bridgehead atoms. The Kier molecular flexibility index (Phi) is 4.07. The molecule has 1 fully saturated rings. The zero-order valence-electron chi connectivity index (χ0n) is 11.3. The highest BCUT2D eigenvalue weighted by Gasteiger charge is 2.32. The minimum Gasteiger partial charge on any atom is -0.442 e. The van der Waals surface area contributed by atoms with Crippen molar-refractivity contribution >= 4 is 23.4 Å². The second-order valence-electron chi connectivity index (χ2n) is 4.47. The SMILES string of the molecule is CNc1ccc(N2CC(CNC(C)=O)OC2=O)cc1F. The van der Waals surface area contributed by atoms with Gasteiger partial charge in [0.1, 0.15) is 11.9 Å². The van der Waals surface area contributed by atoms with Crippen LogP contribution in [0.15, 0.2) is 18.2 Å². The van der Waals surface area contributed by atoms with Gasteiger partial charge in [0.25, 0.3) is 0 Å². The average molecular weight is 281 g/mol. The Bertz CT molecular complexity index is 536. The minimum absolute atomic E-state index is 0.191. The molecule has 20 heavy (non-hydrogen) atoms. The number of amides is 2. The Morgan fingerprint density at radius 3 is 2.90 bits per heavy atom. The molecular weight excluding hydrogens is 265 g/mol. The van der Waals surface area contributed by atoms with Gasteiger partial charge in [-0.1, -0.05) is 0 Å². The summed E-state index contributed by atoms with van der Waals surface area (Å²) in [4.78, 5) is 23.9. The molecule has 1 aliphatic rings. The van der Waals surface area contributed by atoms with Crippen LogP contribution in [0.2, 0.25) is 0 Å². The Balaban J connectivity index is 2.07. The number of anilines is 2. The van der Waals surface area contributed by atoms with Gasteiger partial charge in [0.15, 0.2) is 0 Å². The van der Waals surface area contributed by atoms with E-state index in [1.165, 1.54) is 17.9 Å². The lowest BCUT2D eigenvalue weighted by Crippen LogP contribution is -2.33. The first-order chi connectivity index (χ1) is 9.51. The van der Waals surface area contributed by atoms with Crippen molar-refractivity contribution in [2.45, 2.75) is 13.0 Å². The standard InChI is InChI=1S/C13H16FN3O3/c1-8(18)16-6-10-7-17(13(19)20-10)9-3-4-12(15-2)11(14)5-9/h3-5,10,15H,6-7H2,1-2H3,(H,16,18). The molecule has 1 heterocycles. The fourth-order valence-electron chi connectivity index (χ4n) is 1.97. The van der Waals surface area contributed by atoms with E-state index in [2.05, 4.69) is 10.6 Å². The number of carbonyl (C=O) groups excluding carboxylic acids is 2. The number of hydrogen-bond donors (Lipinski definition) is 2. The van der Waals surface area contributed by atoms with Crippen LogP contribution in [0.25, 0.3) is 0 Å². The van der Waals surface area contributed by atoms with Crippen molar-refractivity contribution in [3.05, 3.63) is 24.0 Å². The molecule has 2 amide bonds. The van der Waals surface area contributed by atoms with Gasteiger partial charge in [-0.15, -0.1) is 0 Å². The van der Waals surface area contributed by atoms with Crippen LogP contribution in [0, 0.1) is 5.82 Å². The van der Waals surface area contributed by atoms with Crippen LogP contribution >= 0.6 is 0 Å². The van der Waals surface area contributed by atoms with Crippen molar-refractivity contribution in [2.24, 2.45) is 0 Å². The summed E-state index contributed by atoms with van der Waals surface area (Å²) in [6.07, 6.45) is -0.976. The first-order valence-electron chi connectivity index (χ1n) is 6.21. The van der Waals surface area contributed by atoms with Crippen molar-refractivity contribution in [1.29, 1.82) is 0 Å². The molecule has 0 aliphatic carbocycles. The maximum absolute atomic E-state index is 13.7. The fourth-order valence-corrected chi connectivity index (χ4v) is 1.97. The number of rotatable bonds is 4. The highest BCUT2D eigenvalue weighted by atomic mass is 19.1. The highest BCUT2D eigenvalue weighted by molar-refractivity contribution is 5.90. The van der Waals surface area contributed by atoms with Gasteiger partial charge in [-0.05, 0) is 18.2 Å². The van der Waals surface area contributed by atoms with E-state index < -0.39 is 18.0 Å². The van der Waals surface area contributed by atoms with Crippen LogP contribution in [0.4, 0.5) is 20.6 Å². The van der Waals surface area contributed by atoms with Crippen LogP contribution in [-0.4, -0.2) is 38.2 Å². The van der Waals surface area contributed by atoms with E-state index in [1.807, 2.05) is 0 Å². The molecule has 0 aromatic heterocycles. The summed E-state index contributed by atoms with van der Waals surface area (Å²) in [6.45, 7) is 1.91. The molecule has 1 aromatic rings. The van der Waals surface area contributed by atoms with E-state index in [1.54, 1.807) is 19.2 Å². The van der Waals surface area contributed by atoms with Crippen LogP contribution < -0.4 is 15.5 Å². The summed E-state index contributed by atoms with van der Waals surface area (Å²) in [5.41, 5.74) is 0.785. The zero-order valence-corrected chi connectivity index (χ0v) is 11.3. The molecule has 6 nitrogen and oxygen atoms in total. The Labute approximate surface area is 115 Å². The Hall–Kier alpha value is -2.31. The number of carbonyl (C=O) groups is 2. The van der Waals surface area contributed by atoms with Crippen LogP contribution in [0.3, 0.4) is 0 Å². The molecular formula is C13H16FN3O3. The molecule has 2 rings (SSSR count). The molecule has 1 saturated heterocycles. The molecule has 0 radical (unpaired) electrons. The lowest BCUT2D eigenvalue weighted by Gasteiger charge is -2.14. The third-order valence-corrected chi connectivity index (χ3v) is 2.99. The second kappa shape index (κ2) is 5.77. The summed E-state index contributed by atoms with van der Waals surface area (Å²) < 4.78 is 18.8. The van der Waals surface area contributed by atoms with Gasteiger partial charge in [0.2, 0.25) is 5.91 Å². The van der Waals surface area contributed by atoms with Crippen molar-refractivity contribution in [3.8, 4) is 0 Å². The summed E-state index contributed by atoms with van der Waals surface area (Å²) in [6, 6.07) is 4.46. The van der Waals surface area contributed by atoms with Gasteiger partial charge in [-0.2, -0.15) is 0 Å². The van der Waals surface area contributed by atoms with Gasteiger partial charge in [0, 0.05) is 14.0 Å². The number of hydrogen-bond acceptors (Lipinski definition) is 4. The summed E-state index contributed by atoms with van der Waals surface area (Å²) in [5.74, 6) is -0.632. The number of benzene rings is 1. The van der Waals surface area contributed by atoms with Crippen LogP contribution in [-0.2, 0) is 9.53 Å². The monoisotopic (exact) mass is 281 g/mol. The van der Waals surface area contributed by atoms with Crippen LogP contribution in [0.5, 0.6) is 0 Å². The topological polar surface area (TPSA) is 70.7 Å². The average Bonchev–Trinajstić information content (AvgIpc) is 2.77. The maximum atomic E-state index is 13.7. The van der Waals surface area contributed by atoms with Crippen molar-refractivity contribution in [1.82, 2.24) is 5.32 Å². The van der Waals surface area contributed by atoms with Gasteiger partial charge < -0.3 is 15.4 Å². The fraction of sp³-hybridized carbons (Fsp3) is 0.385. The largest absolute Gasteiger partial charge is 0.442 e. The zero-order chi connectivity index (χ0) is 14.7. The van der Waals surface area contributed by atoms with Gasteiger partial charge in [-0.3, -0.25) is 9.69 Å². The van der Waals surface area contributed by atoms with E-state index in [4.69, 9.17) is 4.74 Å². The van der Waals surface area contributed by atoms with E-state index >= 15 is 0 Å². The maximum Gasteiger partial charge on any atom is 0.414 e. The molecule has 7 heteroatoms. The van der Waals surface area contributed by atoms with Crippen molar-refractivity contribution in [3.63, 3.8) is 0 Å². The molecule has 1 unspecified atom stereocenters. The Morgan fingerprint density at radius 2 is 2.30 bits per heavy atom. The minimum atomic E-state index is -0.544. The predicted molar refractivity (Wildman–Crippen MR) is 72.2 cm³/mol. The molecule has 1 atom stereocenters. The smallest absolute Gasteiger partial charge is 0.414 e. The lowest BCUT2D eigenvalue weighted by molar-refractivity contribution is -0.119. The van der Waals surface area contributed by atoms with Gasteiger partial charge in [-0.25, -0.2) is 9.18 Å². The molecule has 2 N–H and O–H groups in total. The van der Waals surface area contributed by atoms with E-state index in [0.29, 0.717) is 11.4 Å². The Morgan fingerprint density at radius 1 is 1.55 bits per heavy atom. The normalized spacial score (nSPS) is 17.9. The van der Waals surface area contributed by atoms with Gasteiger partial charge in [0.05, 0.1) is 24.5 Å². The molecule has 108 valence electrons. The van der Waals surface area contributed by atoms with Crippen LogP contribution in [0.1, 0.15) is 6.92 Å². The van der Waals surface area contributed by atoms with Crippen molar-refractivity contribution in [2.75, 3.05) is 30.4 Å². The number of ether oxygens (including phenoxy) is 1. The number of halogens is 1. The molecule has 0 spiro atoms. The first kappa shape index (κ1) is 14.1. The van der Waals surface area contributed by atoms with E-state index in [-0.39, 0.29) is 19.0 Å². The second-order valence-corrected chi connectivity index (χ2v) is 4.47. The van der Waals surface area contributed by atoms with Gasteiger partial charge >= 0.3 is 6.09 Å². The van der Waals surface area contributed by atoms with E-state index in [9.17, 15) is 14.0 Å². The third kappa shape index (κ3) is 2.98. The summed E-state index contributed by atoms with van der Waals surface area (Å²) in [7, 11) is 1.62. The summed E-state index contributed by atoms with van der Waals surface area (Å²) >= 11 is 0. The van der Waals surface area contributed by atoms with E-state index in [0.717, 1.165) is 0 Å². The predicted octanol–water partition coefficient (Wildman–Crippen LogP) is 1.33. The lowest BCUT2D eigenvalue weighted by atomic mass is 10.2. The third-order valence-electron chi connectivity index (χ3n) is 2.99.